The number of piperazine rings is 1. The van der Waals surface area contributed by atoms with E-state index in [2.05, 4.69) is 29.2 Å². The molecule has 0 aromatic heterocycles. The molecule has 1 aliphatic heterocycles. The predicted molar refractivity (Wildman–Crippen MR) is 60.8 cm³/mol. The highest BCUT2D eigenvalue weighted by atomic mass is 16.3. The van der Waals surface area contributed by atoms with E-state index in [1.807, 2.05) is 12.1 Å². The van der Waals surface area contributed by atoms with Crippen molar-refractivity contribution in [3.05, 3.63) is 34.7 Å². The summed E-state index contributed by atoms with van der Waals surface area (Å²) in [6.07, 6.45) is 0. The van der Waals surface area contributed by atoms with E-state index in [-0.39, 0.29) is 0 Å². The van der Waals surface area contributed by atoms with Gasteiger partial charge in [0.25, 0.3) is 0 Å². The van der Waals surface area contributed by atoms with Gasteiger partial charge in [0.05, 0.1) is 18.4 Å². The standard InChI is InChI=1S/C11H15N3O/c1-10-4-2-3-5-11(10)13-6-8-14(12-15)9-7-13/h2-5H,6-9H2,1H3. The quantitative estimate of drug-likeness (QED) is 0.691. The van der Waals surface area contributed by atoms with Gasteiger partial charge < -0.3 is 4.90 Å². The second-order valence-corrected chi connectivity index (χ2v) is 3.81. The number of benzene rings is 1. The summed E-state index contributed by atoms with van der Waals surface area (Å²) in [6.45, 7) is 5.29. The van der Waals surface area contributed by atoms with Crippen LogP contribution in [0, 0.1) is 11.8 Å². The number of anilines is 1. The molecule has 15 heavy (non-hydrogen) atoms. The van der Waals surface area contributed by atoms with Gasteiger partial charge in [-0.05, 0) is 18.6 Å². The monoisotopic (exact) mass is 205 g/mol. The topological polar surface area (TPSA) is 35.9 Å². The molecule has 1 aromatic rings. The number of para-hydroxylation sites is 1. The largest absolute Gasteiger partial charge is 0.368 e. The maximum atomic E-state index is 10.3. The van der Waals surface area contributed by atoms with Crippen LogP contribution in [0.5, 0.6) is 0 Å². The molecule has 0 aliphatic carbocycles. The Morgan fingerprint density at radius 3 is 2.40 bits per heavy atom. The minimum atomic E-state index is 0.720. The summed E-state index contributed by atoms with van der Waals surface area (Å²) in [7, 11) is 0. The third-order valence-corrected chi connectivity index (χ3v) is 2.83. The van der Waals surface area contributed by atoms with E-state index < -0.39 is 0 Å². The summed E-state index contributed by atoms with van der Waals surface area (Å²) < 4.78 is 0. The highest BCUT2D eigenvalue weighted by Crippen LogP contribution is 2.20. The van der Waals surface area contributed by atoms with Crippen LogP contribution in [-0.4, -0.2) is 31.2 Å². The van der Waals surface area contributed by atoms with Crippen molar-refractivity contribution in [3.63, 3.8) is 0 Å². The molecule has 1 fully saturated rings. The van der Waals surface area contributed by atoms with Crippen LogP contribution in [0.2, 0.25) is 0 Å². The molecular formula is C11H15N3O. The fourth-order valence-electron chi connectivity index (χ4n) is 1.94. The van der Waals surface area contributed by atoms with E-state index in [0.717, 1.165) is 26.2 Å². The van der Waals surface area contributed by atoms with E-state index in [4.69, 9.17) is 0 Å². The SMILES string of the molecule is Cc1ccccc1N1CCN(N=O)CC1. The lowest BCUT2D eigenvalue weighted by atomic mass is 10.1. The zero-order chi connectivity index (χ0) is 10.7. The number of hydrogen-bond acceptors (Lipinski definition) is 3. The zero-order valence-electron chi connectivity index (χ0n) is 8.89. The Kier molecular flexibility index (Phi) is 2.85. The van der Waals surface area contributed by atoms with E-state index >= 15 is 0 Å². The van der Waals surface area contributed by atoms with Crippen LogP contribution in [0.4, 0.5) is 5.69 Å². The summed E-state index contributed by atoms with van der Waals surface area (Å²) in [5.41, 5.74) is 2.55. The first-order valence-corrected chi connectivity index (χ1v) is 5.20. The van der Waals surface area contributed by atoms with Crippen molar-refractivity contribution in [3.8, 4) is 0 Å². The molecule has 1 saturated heterocycles. The third kappa shape index (κ3) is 2.09. The van der Waals surface area contributed by atoms with Crippen LogP contribution in [0.1, 0.15) is 5.56 Å². The Labute approximate surface area is 89.4 Å². The van der Waals surface area contributed by atoms with Crippen molar-refractivity contribution in [2.75, 3.05) is 31.1 Å². The van der Waals surface area contributed by atoms with Crippen molar-refractivity contribution in [2.45, 2.75) is 6.92 Å². The summed E-state index contributed by atoms with van der Waals surface area (Å²) in [5, 5.41) is 4.53. The van der Waals surface area contributed by atoms with E-state index in [1.54, 1.807) is 5.01 Å². The summed E-state index contributed by atoms with van der Waals surface area (Å²) >= 11 is 0. The highest BCUT2D eigenvalue weighted by molar-refractivity contribution is 5.53. The second-order valence-electron chi connectivity index (χ2n) is 3.81. The van der Waals surface area contributed by atoms with Gasteiger partial charge in [-0.1, -0.05) is 18.2 Å². The Morgan fingerprint density at radius 1 is 1.13 bits per heavy atom. The van der Waals surface area contributed by atoms with Gasteiger partial charge in [0.2, 0.25) is 0 Å². The van der Waals surface area contributed by atoms with Gasteiger partial charge >= 0.3 is 0 Å². The lowest BCUT2D eigenvalue weighted by Gasteiger charge is -2.33. The average molecular weight is 205 g/mol. The van der Waals surface area contributed by atoms with Gasteiger partial charge in [0.15, 0.2) is 0 Å². The first kappa shape index (κ1) is 9.96. The molecular weight excluding hydrogens is 190 g/mol. The van der Waals surface area contributed by atoms with Crippen molar-refractivity contribution in [2.24, 2.45) is 5.29 Å². The molecule has 4 nitrogen and oxygen atoms in total. The molecule has 0 spiro atoms. The van der Waals surface area contributed by atoms with Gasteiger partial charge in [0, 0.05) is 18.8 Å². The maximum absolute atomic E-state index is 10.3. The summed E-state index contributed by atoms with van der Waals surface area (Å²) in [6, 6.07) is 8.33. The molecule has 2 rings (SSSR count). The molecule has 80 valence electrons. The molecule has 0 atom stereocenters. The van der Waals surface area contributed by atoms with E-state index in [0.29, 0.717) is 0 Å². The molecule has 1 aromatic carbocycles. The normalized spacial score (nSPS) is 16.6. The van der Waals surface area contributed by atoms with Crippen LogP contribution in [0.3, 0.4) is 0 Å². The number of aryl methyl sites for hydroxylation is 1. The summed E-state index contributed by atoms with van der Waals surface area (Å²) in [4.78, 5) is 12.6. The number of nitroso groups, excluding NO2 is 1. The molecule has 1 aliphatic rings. The number of rotatable bonds is 2. The molecule has 0 N–H and O–H groups in total. The average Bonchev–Trinajstić information content (AvgIpc) is 2.30. The molecule has 0 unspecified atom stereocenters. The van der Waals surface area contributed by atoms with Gasteiger partial charge in [-0.25, -0.2) is 0 Å². The highest BCUT2D eigenvalue weighted by Gasteiger charge is 2.17. The molecule has 4 heteroatoms. The Hall–Kier alpha value is -1.58. The fourth-order valence-corrected chi connectivity index (χ4v) is 1.94. The van der Waals surface area contributed by atoms with Crippen LogP contribution < -0.4 is 4.90 Å². The Balaban J connectivity index is 2.07. The van der Waals surface area contributed by atoms with Crippen molar-refractivity contribution >= 4 is 5.69 Å². The molecule has 0 amide bonds. The van der Waals surface area contributed by atoms with Crippen molar-refractivity contribution < 1.29 is 0 Å². The van der Waals surface area contributed by atoms with Crippen molar-refractivity contribution in [1.29, 1.82) is 0 Å². The van der Waals surface area contributed by atoms with Crippen LogP contribution in [-0.2, 0) is 0 Å². The molecule has 0 radical (unpaired) electrons. The Morgan fingerprint density at radius 2 is 1.80 bits per heavy atom. The predicted octanol–water partition coefficient (Wildman–Crippen LogP) is 1.80. The molecule has 0 bridgehead atoms. The first-order valence-electron chi connectivity index (χ1n) is 5.20. The third-order valence-electron chi connectivity index (χ3n) is 2.83. The first-order chi connectivity index (χ1) is 7.31. The van der Waals surface area contributed by atoms with Gasteiger partial charge in [-0.2, -0.15) is 0 Å². The van der Waals surface area contributed by atoms with Crippen molar-refractivity contribution in [1.82, 2.24) is 5.01 Å². The molecule has 1 heterocycles. The smallest absolute Gasteiger partial charge is 0.0568 e. The Bertz CT molecular complexity index is 345. The lowest BCUT2D eigenvalue weighted by Crippen LogP contribution is -2.44. The van der Waals surface area contributed by atoms with Crippen LogP contribution in [0.25, 0.3) is 0 Å². The van der Waals surface area contributed by atoms with E-state index in [9.17, 15) is 4.91 Å². The minimum absolute atomic E-state index is 0.720. The number of hydrogen-bond donors (Lipinski definition) is 0. The van der Waals surface area contributed by atoms with Crippen LogP contribution >= 0.6 is 0 Å². The van der Waals surface area contributed by atoms with E-state index in [1.165, 1.54) is 11.3 Å². The maximum Gasteiger partial charge on any atom is 0.0568 e. The van der Waals surface area contributed by atoms with Gasteiger partial charge in [-0.3, -0.25) is 5.01 Å². The van der Waals surface area contributed by atoms with Crippen LogP contribution in [0.15, 0.2) is 29.6 Å². The zero-order valence-corrected chi connectivity index (χ0v) is 8.89. The summed E-state index contributed by atoms with van der Waals surface area (Å²) in [5.74, 6) is 0. The second kappa shape index (κ2) is 4.29. The van der Waals surface area contributed by atoms with Gasteiger partial charge in [0.1, 0.15) is 0 Å². The lowest BCUT2D eigenvalue weighted by molar-refractivity contribution is 0.266. The fraction of sp³-hybridized carbons (Fsp3) is 0.455. The minimum Gasteiger partial charge on any atom is -0.368 e. The van der Waals surface area contributed by atoms with Gasteiger partial charge in [-0.15, -0.1) is 4.91 Å². The number of nitrogens with zero attached hydrogens (tertiary/aromatic N) is 3. The molecule has 0 saturated carbocycles.